The number of nitrogens with zero attached hydrogens (tertiary/aromatic N) is 2. The zero-order chi connectivity index (χ0) is 16.1. The van der Waals surface area contributed by atoms with Gasteiger partial charge in [0.25, 0.3) is 5.91 Å². The number of anilines is 1. The molecule has 0 aliphatic carbocycles. The van der Waals surface area contributed by atoms with Crippen molar-refractivity contribution in [1.29, 1.82) is 0 Å². The minimum absolute atomic E-state index is 0.332. The molecular formula is C15H18N4O3. The number of methoxy groups -OCH3 is 2. The van der Waals surface area contributed by atoms with Crippen LogP contribution in [0.5, 0.6) is 11.5 Å². The fraction of sp³-hybridized carbons (Fsp3) is 0.267. The van der Waals surface area contributed by atoms with E-state index in [1.165, 1.54) is 7.11 Å². The molecule has 2 N–H and O–H groups in total. The third-order valence-electron chi connectivity index (χ3n) is 2.92. The molecule has 1 aromatic heterocycles. The van der Waals surface area contributed by atoms with E-state index in [0.717, 1.165) is 11.4 Å². The first-order valence-corrected chi connectivity index (χ1v) is 6.64. The maximum Gasteiger partial charge on any atom is 0.273 e. The van der Waals surface area contributed by atoms with Crippen LogP contribution in [0.15, 0.2) is 24.3 Å². The van der Waals surface area contributed by atoms with Crippen LogP contribution in [0.3, 0.4) is 0 Å². The van der Waals surface area contributed by atoms with Gasteiger partial charge in [0, 0.05) is 17.5 Å². The van der Waals surface area contributed by atoms with Gasteiger partial charge in [-0.2, -0.15) is 0 Å². The lowest BCUT2D eigenvalue weighted by molar-refractivity contribution is 0.0959. The lowest BCUT2D eigenvalue weighted by atomic mass is 10.2. The number of nitrogens with one attached hydrogen (secondary N) is 2. The molecule has 116 valence electrons. The molecular weight excluding hydrogens is 284 g/mol. The van der Waals surface area contributed by atoms with E-state index in [2.05, 4.69) is 20.8 Å². The summed E-state index contributed by atoms with van der Waals surface area (Å²) in [4.78, 5) is 20.6. The Bertz CT molecular complexity index is 668. The number of carbonyl (C=O) groups is 1. The van der Waals surface area contributed by atoms with Gasteiger partial charge >= 0.3 is 0 Å². The summed E-state index contributed by atoms with van der Waals surface area (Å²) in [5, 5.41) is 0. The molecule has 0 unspecified atom stereocenters. The first-order valence-electron chi connectivity index (χ1n) is 6.64. The SMILES string of the molecule is COc1ccc(C(=O)NNc2nc(C)cc(C)n2)c(OC)c1. The van der Waals surface area contributed by atoms with Gasteiger partial charge in [-0.3, -0.25) is 15.6 Å². The molecule has 0 radical (unpaired) electrons. The van der Waals surface area contributed by atoms with Crippen molar-refractivity contribution in [3.05, 3.63) is 41.2 Å². The van der Waals surface area contributed by atoms with E-state index in [1.807, 2.05) is 19.9 Å². The van der Waals surface area contributed by atoms with Gasteiger partial charge in [-0.05, 0) is 32.0 Å². The van der Waals surface area contributed by atoms with Crippen molar-refractivity contribution in [3.8, 4) is 11.5 Å². The lowest BCUT2D eigenvalue weighted by Gasteiger charge is -2.11. The minimum atomic E-state index is -0.359. The molecule has 1 heterocycles. The smallest absolute Gasteiger partial charge is 0.273 e. The molecule has 2 aromatic rings. The van der Waals surface area contributed by atoms with E-state index in [1.54, 1.807) is 25.3 Å². The van der Waals surface area contributed by atoms with E-state index >= 15 is 0 Å². The van der Waals surface area contributed by atoms with Crippen molar-refractivity contribution in [2.24, 2.45) is 0 Å². The van der Waals surface area contributed by atoms with Crippen molar-refractivity contribution in [3.63, 3.8) is 0 Å². The Labute approximate surface area is 128 Å². The quantitative estimate of drug-likeness (QED) is 0.820. The Hall–Kier alpha value is -2.83. The lowest BCUT2D eigenvalue weighted by Crippen LogP contribution is -2.30. The molecule has 7 heteroatoms. The highest BCUT2D eigenvalue weighted by atomic mass is 16.5. The maximum atomic E-state index is 12.2. The summed E-state index contributed by atoms with van der Waals surface area (Å²) in [6, 6.07) is 6.80. The highest BCUT2D eigenvalue weighted by Crippen LogP contribution is 2.24. The van der Waals surface area contributed by atoms with Gasteiger partial charge in [0.15, 0.2) is 0 Å². The number of hydrazine groups is 1. The molecule has 7 nitrogen and oxygen atoms in total. The number of benzene rings is 1. The number of ether oxygens (including phenoxy) is 2. The van der Waals surface area contributed by atoms with Gasteiger partial charge in [-0.15, -0.1) is 0 Å². The van der Waals surface area contributed by atoms with Crippen LogP contribution in [0.2, 0.25) is 0 Å². The minimum Gasteiger partial charge on any atom is -0.497 e. The zero-order valence-corrected chi connectivity index (χ0v) is 12.9. The highest BCUT2D eigenvalue weighted by molar-refractivity contribution is 5.97. The molecule has 1 aromatic carbocycles. The first kappa shape index (κ1) is 15.6. The number of carbonyl (C=O) groups excluding carboxylic acids is 1. The van der Waals surface area contributed by atoms with Crippen LogP contribution < -0.4 is 20.3 Å². The highest BCUT2D eigenvalue weighted by Gasteiger charge is 2.13. The fourth-order valence-electron chi connectivity index (χ4n) is 1.95. The summed E-state index contributed by atoms with van der Waals surface area (Å²) in [5.74, 6) is 1.000. The van der Waals surface area contributed by atoms with Gasteiger partial charge in [0.1, 0.15) is 11.5 Å². The van der Waals surface area contributed by atoms with Crippen LogP contribution in [0.4, 0.5) is 5.95 Å². The molecule has 0 aliphatic heterocycles. The molecule has 0 saturated carbocycles. The molecule has 0 atom stereocenters. The fourth-order valence-corrected chi connectivity index (χ4v) is 1.95. The van der Waals surface area contributed by atoms with Gasteiger partial charge in [-0.1, -0.05) is 0 Å². The molecule has 22 heavy (non-hydrogen) atoms. The first-order chi connectivity index (χ1) is 10.5. The standard InChI is InChI=1S/C15H18N4O3/c1-9-7-10(2)17-15(16-9)19-18-14(20)12-6-5-11(21-3)8-13(12)22-4/h5-8H,1-4H3,(H,18,20)(H,16,17,19). The van der Waals surface area contributed by atoms with Gasteiger partial charge in [-0.25, -0.2) is 9.97 Å². The third kappa shape index (κ3) is 3.63. The van der Waals surface area contributed by atoms with Crippen molar-refractivity contribution >= 4 is 11.9 Å². The van der Waals surface area contributed by atoms with Gasteiger partial charge in [0.2, 0.25) is 5.95 Å². The number of hydrogen-bond donors (Lipinski definition) is 2. The molecule has 0 aliphatic rings. The van der Waals surface area contributed by atoms with Crippen LogP contribution >= 0.6 is 0 Å². The summed E-state index contributed by atoms with van der Waals surface area (Å²) in [6.07, 6.45) is 0. The molecule has 0 fully saturated rings. The Balaban J connectivity index is 2.12. The number of rotatable bonds is 5. The van der Waals surface area contributed by atoms with Crippen LogP contribution in [0.25, 0.3) is 0 Å². The normalized spacial score (nSPS) is 10.0. The molecule has 2 rings (SSSR count). The summed E-state index contributed by atoms with van der Waals surface area (Å²) < 4.78 is 10.3. The van der Waals surface area contributed by atoms with E-state index in [-0.39, 0.29) is 5.91 Å². The topological polar surface area (TPSA) is 85.4 Å². The predicted octanol–water partition coefficient (Wildman–Crippen LogP) is 1.87. The summed E-state index contributed by atoms with van der Waals surface area (Å²) >= 11 is 0. The number of hydrogen-bond acceptors (Lipinski definition) is 6. The van der Waals surface area contributed by atoms with Crippen LogP contribution in [0.1, 0.15) is 21.7 Å². The molecule has 0 bridgehead atoms. The summed E-state index contributed by atoms with van der Waals surface area (Å²) in [5.41, 5.74) is 7.24. The van der Waals surface area contributed by atoms with Gasteiger partial charge < -0.3 is 9.47 Å². The summed E-state index contributed by atoms with van der Waals surface area (Å²) in [6.45, 7) is 3.71. The maximum absolute atomic E-state index is 12.2. The molecule has 0 saturated heterocycles. The van der Waals surface area contributed by atoms with Crippen LogP contribution in [0, 0.1) is 13.8 Å². The number of amides is 1. The van der Waals surface area contributed by atoms with E-state index in [9.17, 15) is 4.79 Å². The largest absolute Gasteiger partial charge is 0.497 e. The van der Waals surface area contributed by atoms with Crippen LogP contribution in [-0.2, 0) is 0 Å². The molecule has 0 spiro atoms. The second-order valence-electron chi connectivity index (χ2n) is 4.62. The average molecular weight is 302 g/mol. The van der Waals surface area contributed by atoms with Crippen LogP contribution in [-0.4, -0.2) is 30.1 Å². The van der Waals surface area contributed by atoms with Crippen molar-refractivity contribution in [1.82, 2.24) is 15.4 Å². The van der Waals surface area contributed by atoms with Gasteiger partial charge in [0.05, 0.1) is 19.8 Å². The van der Waals surface area contributed by atoms with Crippen molar-refractivity contribution in [2.75, 3.05) is 19.6 Å². The zero-order valence-electron chi connectivity index (χ0n) is 12.9. The monoisotopic (exact) mass is 302 g/mol. The van der Waals surface area contributed by atoms with Crippen molar-refractivity contribution < 1.29 is 14.3 Å². The number of aryl methyl sites for hydroxylation is 2. The Morgan fingerprint density at radius 1 is 1.05 bits per heavy atom. The Morgan fingerprint density at radius 2 is 1.73 bits per heavy atom. The summed E-state index contributed by atoms with van der Waals surface area (Å²) in [7, 11) is 3.04. The average Bonchev–Trinajstić information content (AvgIpc) is 2.51. The Kier molecular flexibility index (Phi) is 4.77. The van der Waals surface area contributed by atoms with E-state index in [4.69, 9.17) is 9.47 Å². The second-order valence-corrected chi connectivity index (χ2v) is 4.62. The number of aromatic nitrogens is 2. The molecule has 1 amide bonds. The van der Waals surface area contributed by atoms with E-state index in [0.29, 0.717) is 23.0 Å². The van der Waals surface area contributed by atoms with Crippen molar-refractivity contribution in [2.45, 2.75) is 13.8 Å². The third-order valence-corrected chi connectivity index (χ3v) is 2.92. The second kappa shape index (κ2) is 6.75. The predicted molar refractivity (Wildman–Crippen MR) is 82.1 cm³/mol. The van der Waals surface area contributed by atoms with E-state index < -0.39 is 0 Å². The Morgan fingerprint density at radius 3 is 2.32 bits per heavy atom.